The van der Waals surface area contributed by atoms with Crippen LogP contribution in [-0.2, 0) is 12.6 Å². The van der Waals surface area contributed by atoms with Gasteiger partial charge < -0.3 is 14.5 Å². The first-order valence-corrected chi connectivity index (χ1v) is 8.17. The first kappa shape index (κ1) is 18.8. The molecule has 3 rings (SSSR count). The number of ketones is 1. The molecular formula is C20H20F3NO3. The lowest BCUT2D eigenvalue weighted by Crippen LogP contribution is -2.08. The summed E-state index contributed by atoms with van der Waals surface area (Å²) in [4.78, 5) is 15.6. The topological polar surface area (TPSA) is 51.3 Å². The molecule has 0 atom stereocenters. The monoisotopic (exact) mass is 379 g/mol. The highest BCUT2D eigenvalue weighted by Gasteiger charge is 2.35. The lowest BCUT2D eigenvalue weighted by molar-refractivity contribution is -0.138. The molecule has 7 heteroatoms. The number of carbonyl (C=O) groups excluding carboxylic acids is 1. The Morgan fingerprint density at radius 3 is 2.44 bits per heavy atom. The maximum atomic E-state index is 13.3. The van der Waals surface area contributed by atoms with Crippen molar-refractivity contribution in [2.75, 3.05) is 14.2 Å². The van der Waals surface area contributed by atoms with E-state index in [0.29, 0.717) is 16.8 Å². The molecule has 0 spiro atoms. The number of benzene rings is 2. The number of nitrogens with one attached hydrogen (secondary N) is 1. The van der Waals surface area contributed by atoms with Gasteiger partial charge in [0.2, 0.25) is 0 Å². The zero-order valence-electron chi connectivity index (χ0n) is 15.0. The zero-order chi connectivity index (χ0) is 19.8. The minimum Gasteiger partial charge on any atom is -0.496 e. The van der Waals surface area contributed by atoms with E-state index < -0.39 is 11.7 Å². The van der Waals surface area contributed by atoms with Crippen molar-refractivity contribution in [3.05, 3.63) is 58.8 Å². The molecular weight excluding hydrogens is 359 g/mol. The second-order valence-corrected chi connectivity index (χ2v) is 6.21. The highest BCUT2D eigenvalue weighted by molar-refractivity contribution is 6.09. The van der Waals surface area contributed by atoms with Gasteiger partial charge in [-0.25, -0.2) is 0 Å². The number of methoxy groups -OCH3 is 2. The average Bonchev–Trinajstić information content (AvgIpc) is 3.04. The summed E-state index contributed by atoms with van der Waals surface area (Å²) in [5.74, 6) is -0.0291. The summed E-state index contributed by atoms with van der Waals surface area (Å²) in [6.07, 6.45) is -3.14. The Kier molecular flexibility index (Phi) is 4.87. The fraction of sp³-hybridized carbons (Fsp3) is 0.250. The molecule has 3 aromatic rings. The van der Waals surface area contributed by atoms with Crippen LogP contribution in [0.2, 0.25) is 0 Å². The number of rotatable bonds is 5. The average molecular weight is 379 g/mol. The van der Waals surface area contributed by atoms with E-state index in [1.54, 1.807) is 6.07 Å². The van der Waals surface area contributed by atoms with Crippen molar-refractivity contribution in [1.29, 1.82) is 0 Å². The van der Waals surface area contributed by atoms with E-state index in [1.807, 2.05) is 19.1 Å². The lowest BCUT2D eigenvalue weighted by atomic mass is 9.99. The van der Waals surface area contributed by atoms with Gasteiger partial charge in [0.05, 0.1) is 19.8 Å². The standard InChI is InChI=1S/C20H18F3NO3.H2/c1-11-4-5-12(18(6-11)26-2)7-17(25)14-10-24-16-9-19(27-3)15(8-13(14)16)20(21,22)23;/h4-6,8-10,24H,7H2,1-3H3;1H. The molecule has 0 saturated carbocycles. The molecule has 0 aliphatic heterocycles. The number of aryl methyl sites for hydroxylation is 1. The summed E-state index contributed by atoms with van der Waals surface area (Å²) < 4.78 is 50.0. The first-order valence-electron chi connectivity index (χ1n) is 8.17. The van der Waals surface area contributed by atoms with Gasteiger partial charge in [0.25, 0.3) is 0 Å². The minimum absolute atomic E-state index is 0. The first-order chi connectivity index (χ1) is 12.7. The van der Waals surface area contributed by atoms with Crippen molar-refractivity contribution in [2.45, 2.75) is 19.5 Å². The van der Waals surface area contributed by atoms with E-state index in [2.05, 4.69) is 4.98 Å². The van der Waals surface area contributed by atoms with Gasteiger partial charge in [-0.2, -0.15) is 13.2 Å². The number of alkyl halides is 3. The van der Waals surface area contributed by atoms with E-state index in [0.717, 1.165) is 11.6 Å². The molecule has 0 fully saturated rings. The SMILES string of the molecule is COc1cc(C)ccc1CC(=O)c1c[nH]c2cc(OC)c(C(F)(F)F)cc12.[HH]. The number of fused-ring (bicyclic) bond motifs is 1. The molecule has 27 heavy (non-hydrogen) atoms. The predicted molar refractivity (Wildman–Crippen MR) is 97.7 cm³/mol. The fourth-order valence-electron chi connectivity index (χ4n) is 3.04. The molecule has 0 bridgehead atoms. The fourth-order valence-corrected chi connectivity index (χ4v) is 3.04. The summed E-state index contributed by atoms with van der Waals surface area (Å²) in [6.45, 7) is 1.90. The summed E-state index contributed by atoms with van der Waals surface area (Å²) >= 11 is 0. The summed E-state index contributed by atoms with van der Waals surface area (Å²) in [7, 11) is 2.69. The highest BCUT2D eigenvalue weighted by Crippen LogP contribution is 2.39. The number of hydrogen-bond donors (Lipinski definition) is 1. The molecule has 4 nitrogen and oxygen atoms in total. The predicted octanol–water partition coefficient (Wildman–Crippen LogP) is 5.18. The Bertz CT molecular complexity index is 1010. The second-order valence-electron chi connectivity index (χ2n) is 6.21. The van der Waals surface area contributed by atoms with Crippen molar-refractivity contribution >= 4 is 16.7 Å². The number of ether oxygens (including phenoxy) is 2. The van der Waals surface area contributed by atoms with Crippen LogP contribution in [0.4, 0.5) is 13.2 Å². The quantitative estimate of drug-likeness (QED) is 0.621. The van der Waals surface area contributed by atoms with Crippen LogP contribution in [0.1, 0.15) is 28.5 Å². The third-order valence-electron chi connectivity index (χ3n) is 4.40. The number of Topliss-reactive ketones (excluding diaryl/α,β-unsaturated/α-hetero) is 1. The Morgan fingerprint density at radius 1 is 1.11 bits per heavy atom. The minimum atomic E-state index is -4.59. The van der Waals surface area contributed by atoms with Crippen LogP contribution in [0.5, 0.6) is 11.5 Å². The normalized spacial score (nSPS) is 11.6. The molecule has 0 amide bonds. The van der Waals surface area contributed by atoms with Gasteiger partial charge >= 0.3 is 6.18 Å². The van der Waals surface area contributed by atoms with Crippen LogP contribution in [0, 0.1) is 6.92 Å². The molecule has 0 radical (unpaired) electrons. The molecule has 1 aromatic heterocycles. The highest BCUT2D eigenvalue weighted by atomic mass is 19.4. The van der Waals surface area contributed by atoms with Crippen LogP contribution in [0.15, 0.2) is 36.5 Å². The van der Waals surface area contributed by atoms with Gasteiger partial charge in [0, 0.05) is 42.1 Å². The Balaban J connectivity index is 0.00000280. The van der Waals surface area contributed by atoms with E-state index in [4.69, 9.17) is 9.47 Å². The molecule has 0 unspecified atom stereocenters. The van der Waals surface area contributed by atoms with Crippen molar-refractivity contribution in [2.24, 2.45) is 0 Å². The maximum Gasteiger partial charge on any atom is 0.419 e. The van der Waals surface area contributed by atoms with Gasteiger partial charge in [-0.1, -0.05) is 12.1 Å². The molecule has 1 N–H and O–H groups in total. The molecule has 1 heterocycles. The van der Waals surface area contributed by atoms with Crippen LogP contribution in [0.3, 0.4) is 0 Å². The van der Waals surface area contributed by atoms with Crippen molar-refractivity contribution in [3.8, 4) is 11.5 Å². The van der Waals surface area contributed by atoms with Crippen LogP contribution >= 0.6 is 0 Å². The van der Waals surface area contributed by atoms with E-state index in [-0.39, 0.29) is 30.3 Å². The lowest BCUT2D eigenvalue weighted by Gasteiger charge is -2.12. The number of aromatic nitrogens is 1. The number of H-pyrrole nitrogens is 1. The zero-order valence-corrected chi connectivity index (χ0v) is 15.0. The Labute approximate surface area is 155 Å². The van der Waals surface area contributed by atoms with E-state index in [9.17, 15) is 18.0 Å². The smallest absolute Gasteiger partial charge is 0.419 e. The van der Waals surface area contributed by atoms with Gasteiger partial charge in [-0.15, -0.1) is 0 Å². The van der Waals surface area contributed by atoms with Crippen molar-refractivity contribution in [1.82, 2.24) is 4.98 Å². The van der Waals surface area contributed by atoms with E-state index >= 15 is 0 Å². The van der Waals surface area contributed by atoms with Gasteiger partial charge in [0.15, 0.2) is 5.78 Å². The number of aromatic amines is 1. The number of carbonyl (C=O) groups is 1. The van der Waals surface area contributed by atoms with Gasteiger partial charge in [0.1, 0.15) is 11.5 Å². The van der Waals surface area contributed by atoms with Gasteiger partial charge in [-0.3, -0.25) is 4.79 Å². The number of halogens is 3. The molecule has 2 aromatic carbocycles. The van der Waals surface area contributed by atoms with Crippen LogP contribution in [-0.4, -0.2) is 25.0 Å². The molecule has 0 saturated heterocycles. The summed E-state index contributed by atoms with van der Waals surface area (Å²) in [5.41, 5.74) is 1.34. The second kappa shape index (κ2) is 6.98. The molecule has 0 aliphatic carbocycles. The largest absolute Gasteiger partial charge is 0.496 e. The Morgan fingerprint density at radius 2 is 1.81 bits per heavy atom. The van der Waals surface area contributed by atoms with Crippen LogP contribution < -0.4 is 9.47 Å². The van der Waals surface area contributed by atoms with Crippen molar-refractivity contribution in [3.63, 3.8) is 0 Å². The van der Waals surface area contributed by atoms with Gasteiger partial charge in [-0.05, 0) is 24.6 Å². The third kappa shape index (κ3) is 3.63. The van der Waals surface area contributed by atoms with Crippen LogP contribution in [0.25, 0.3) is 10.9 Å². The summed E-state index contributed by atoms with van der Waals surface area (Å²) in [6, 6.07) is 7.65. The summed E-state index contributed by atoms with van der Waals surface area (Å²) in [5, 5.41) is 0.208. The molecule has 0 aliphatic rings. The van der Waals surface area contributed by atoms with Crippen molar-refractivity contribution < 1.29 is 28.9 Å². The Hall–Kier alpha value is -2.96. The molecule has 144 valence electrons. The third-order valence-corrected chi connectivity index (χ3v) is 4.40. The maximum absolute atomic E-state index is 13.3. The van der Waals surface area contributed by atoms with E-state index in [1.165, 1.54) is 26.5 Å². The number of hydrogen-bond acceptors (Lipinski definition) is 3.